The Labute approximate surface area is 236 Å². The molecule has 0 unspecified atom stereocenters. The van der Waals surface area contributed by atoms with Gasteiger partial charge in [0.25, 0.3) is 5.56 Å². The summed E-state index contributed by atoms with van der Waals surface area (Å²) in [6.45, 7) is 1.65. The Balaban J connectivity index is 1.87. The molecule has 1 aromatic heterocycles. The van der Waals surface area contributed by atoms with Crippen LogP contribution in [-0.4, -0.2) is 44.4 Å². The van der Waals surface area contributed by atoms with Crippen LogP contribution in [0.15, 0.2) is 63.5 Å². The first-order chi connectivity index (χ1) is 18.3. The fraction of sp³-hybridized carbons (Fsp3) is 0.259. The highest BCUT2D eigenvalue weighted by Crippen LogP contribution is 2.34. The van der Waals surface area contributed by atoms with Gasteiger partial charge in [0.05, 0.1) is 46.7 Å². The van der Waals surface area contributed by atoms with Gasteiger partial charge in [-0.05, 0) is 58.3 Å². The molecule has 1 atom stereocenters. The fourth-order valence-electron chi connectivity index (χ4n) is 4.12. The molecule has 38 heavy (non-hydrogen) atoms. The number of ether oxygens (including phenoxy) is 4. The number of fused-ring (bicyclic) bond motifs is 1. The minimum absolute atomic E-state index is 0.261. The summed E-state index contributed by atoms with van der Waals surface area (Å²) in [6, 6.07) is 12.2. The van der Waals surface area contributed by atoms with E-state index in [0.29, 0.717) is 47.7 Å². The summed E-state index contributed by atoms with van der Waals surface area (Å²) in [5.74, 6) is -0.228. The average molecular weight is 648 g/mol. The van der Waals surface area contributed by atoms with Crippen molar-refractivity contribution in [2.45, 2.75) is 19.4 Å². The molecule has 0 N–H and O–H groups in total. The molecule has 0 bridgehead atoms. The summed E-state index contributed by atoms with van der Waals surface area (Å²) in [5, 5.41) is 0. The lowest BCUT2D eigenvalue weighted by molar-refractivity contribution is -0.143. The molecular weight excluding hydrogens is 623 g/mol. The van der Waals surface area contributed by atoms with Crippen LogP contribution in [-0.2, 0) is 19.1 Å². The molecule has 1 aliphatic heterocycles. The SMILES string of the molecule is CCC1=C(C(=O)OC)[C@@H](c2ccccc2)n2c(s/c(=C\c3cc(I)c(OCC(=O)OC)c(OC)c3)c2=O)=N1. The predicted octanol–water partition coefficient (Wildman–Crippen LogP) is 2.96. The zero-order chi connectivity index (χ0) is 27.4. The van der Waals surface area contributed by atoms with Gasteiger partial charge in [-0.3, -0.25) is 9.36 Å². The fourth-order valence-corrected chi connectivity index (χ4v) is 5.92. The lowest BCUT2D eigenvalue weighted by Crippen LogP contribution is -2.40. The third-order valence-electron chi connectivity index (χ3n) is 5.88. The van der Waals surface area contributed by atoms with Crippen LogP contribution in [0.1, 0.15) is 30.5 Å². The number of thiazole rings is 1. The Morgan fingerprint density at radius 1 is 1.13 bits per heavy atom. The Kier molecular flexibility index (Phi) is 8.67. The number of hydrogen-bond donors (Lipinski definition) is 0. The van der Waals surface area contributed by atoms with E-state index in [1.807, 2.05) is 43.3 Å². The predicted molar refractivity (Wildman–Crippen MR) is 150 cm³/mol. The van der Waals surface area contributed by atoms with Gasteiger partial charge in [0.15, 0.2) is 22.9 Å². The standard InChI is InChI=1S/C27H25IN2O7S/c1-5-18-22(26(33)36-4)23(16-9-7-6-8-10-16)30-25(32)20(38-27(30)29-18)13-15-11-17(28)24(19(12-15)34-2)37-14-21(31)35-3/h6-13,23H,5,14H2,1-4H3/b20-13-/t23-/m1/s1. The number of rotatable bonds is 8. The van der Waals surface area contributed by atoms with E-state index in [1.54, 1.807) is 16.7 Å². The maximum Gasteiger partial charge on any atom is 0.343 e. The molecule has 0 aliphatic carbocycles. The Bertz CT molecular complexity index is 1590. The third kappa shape index (κ3) is 5.39. The van der Waals surface area contributed by atoms with Gasteiger partial charge < -0.3 is 18.9 Å². The second kappa shape index (κ2) is 11.9. The van der Waals surface area contributed by atoms with Gasteiger partial charge >= 0.3 is 11.9 Å². The molecule has 2 heterocycles. The Morgan fingerprint density at radius 3 is 2.50 bits per heavy atom. The summed E-state index contributed by atoms with van der Waals surface area (Å²) >= 11 is 3.32. The minimum atomic E-state index is -0.666. The van der Waals surface area contributed by atoms with Crippen molar-refractivity contribution in [3.05, 3.63) is 88.1 Å². The van der Waals surface area contributed by atoms with Gasteiger partial charge in [0.2, 0.25) is 0 Å². The number of nitrogens with zero attached hydrogens (tertiary/aromatic N) is 2. The molecule has 0 fully saturated rings. The molecule has 0 amide bonds. The Hall–Kier alpha value is -3.45. The van der Waals surface area contributed by atoms with Crippen molar-refractivity contribution in [1.29, 1.82) is 0 Å². The zero-order valence-corrected chi connectivity index (χ0v) is 24.1. The lowest BCUT2D eigenvalue weighted by Gasteiger charge is -2.25. The molecule has 4 rings (SSSR count). The molecule has 0 radical (unpaired) electrons. The van der Waals surface area contributed by atoms with E-state index in [0.717, 1.165) is 5.56 Å². The van der Waals surface area contributed by atoms with Crippen LogP contribution in [0.25, 0.3) is 6.08 Å². The van der Waals surface area contributed by atoms with Crippen LogP contribution in [0.2, 0.25) is 0 Å². The highest BCUT2D eigenvalue weighted by molar-refractivity contribution is 14.1. The number of carbonyl (C=O) groups excluding carboxylic acids is 2. The first kappa shape index (κ1) is 27.6. The van der Waals surface area contributed by atoms with Crippen molar-refractivity contribution in [3.8, 4) is 11.5 Å². The number of aromatic nitrogens is 1. The average Bonchev–Trinajstić information content (AvgIpc) is 3.24. The van der Waals surface area contributed by atoms with E-state index in [2.05, 4.69) is 32.3 Å². The highest BCUT2D eigenvalue weighted by atomic mass is 127. The molecule has 1 aliphatic rings. The first-order valence-electron chi connectivity index (χ1n) is 11.6. The third-order valence-corrected chi connectivity index (χ3v) is 7.66. The van der Waals surface area contributed by atoms with Crippen molar-refractivity contribution in [3.63, 3.8) is 0 Å². The normalized spacial score (nSPS) is 15.0. The lowest BCUT2D eigenvalue weighted by atomic mass is 9.95. The quantitative estimate of drug-likeness (QED) is 0.273. The molecule has 0 saturated carbocycles. The molecule has 3 aromatic rings. The van der Waals surface area contributed by atoms with Gasteiger partial charge in [-0.25, -0.2) is 14.6 Å². The topological polar surface area (TPSA) is 105 Å². The van der Waals surface area contributed by atoms with E-state index >= 15 is 0 Å². The molecule has 198 valence electrons. The van der Waals surface area contributed by atoms with Crippen molar-refractivity contribution >= 4 is 51.9 Å². The second-order valence-corrected chi connectivity index (χ2v) is 10.3. The first-order valence-corrected chi connectivity index (χ1v) is 13.5. The summed E-state index contributed by atoms with van der Waals surface area (Å²) in [5.41, 5.74) is 2.13. The van der Waals surface area contributed by atoms with Crippen LogP contribution in [0, 0.1) is 3.57 Å². The molecule has 11 heteroatoms. The van der Waals surface area contributed by atoms with Gasteiger partial charge in [0, 0.05) is 0 Å². The molecule has 0 saturated heterocycles. The number of carbonyl (C=O) groups is 2. The summed E-state index contributed by atoms with van der Waals surface area (Å²) in [4.78, 5) is 43.3. The molecule has 9 nitrogen and oxygen atoms in total. The van der Waals surface area contributed by atoms with Crippen molar-refractivity contribution in [1.82, 2.24) is 4.57 Å². The molecule has 2 aromatic carbocycles. The maximum atomic E-state index is 13.8. The summed E-state index contributed by atoms with van der Waals surface area (Å²) in [6.07, 6.45) is 2.25. The molecular formula is C27H25IN2O7S. The summed E-state index contributed by atoms with van der Waals surface area (Å²) in [7, 11) is 4.10. The number of methoxy groups -OCH3 is 3. The van der Waals surface area contributed by atoms with E-state index in [4.69, 9.17) is 14.2 Å². The number of benzene rings is 2. The van der Waals surface area contributed by atoms with Crippen LogP contribution in [0.4, 0.5) is 0 Å². The second-order valence-electron chi connectivity index (χ2n) is 8.10. The number of esters is 2. The van der Waals surface area contributed by atoms with Crippen LogP contribution in [0.5, 0.6) is 11.5 Å². The highest BCUT2D eigenvalue weighted by Gasteiger charge is 2.33. The van der Waals surface area contributed by atoms with Crippen molar-refractivity contribution in [2.75, 3.05) is 27.9 Å². The van der Waals surface area contributed by atoms with E-state index in [-0.39, 0.29) is 12.2 Å². The molecule has 0 spiro atoms. The van der Waals surface area contributed by atoms with Gasteiger partial charge in [-0.1, -0.05) is 48.6 Å². The van der Waals surface area contributed by atoms with E-state index in [9.17, 15) is 14.4 Å². The number of hydrogen-bond acceptors (Lipinski definition) is 9. The van der Waals surface area contributed by atoms with Gasteiger partial charge in [-0.2, -0.15) is 0 Å². The van der Waals surface area contributed by atoms with Crippen molar-refractivity contribution < 1.29 is 28.5 Å². The number of halogens is 1. The zero-order valence-electron chi connectivity index (χ0n) is 21.1. The Morgan fingerprint density at radius 2 is 1.87 bits per heavy atom. The van der Waals surface area contributed by atoms with E-state index < -0.39 is 18.0 Å². The summed E-state index contributed by atoms with van der Waals surface area (Å²) < 4.78 is 23.5. The maximum absolute atomic E-state index is 13.8. The van der Waals surface area contributed by atoms with Crippen LogP contribution >= 0.6 is 33.9 Å². The van der Waals surface area contributed by atoms with Crippen LogP contribution < -0.4 is 24.4 Å². The van der Waals surface area contributed by atoms with E-state index in [1.165, 1.54) is 32.7 Å². The van der Waals surface area contributed by atoms with Gasteiger partial charge in [0.1, 0.15) is 0 Å². The van der Waals surface area contributed by atoms with Crippen molar-refractivity contribution in [2.24, 2.45) is 4.99 Å². The van der Waals surface area contributed by atoms with Crippen LogP contribution in [0.3, 0.4) is 0 Å². The smallest absolute Gasteiger partial charge is 0.343 e. The minimum Gasteiger partial charge on any atom is -0.493 e. The number of allylic oxidation sites excluding steroid dienone is 1. The largest absolute Gasteiger partial charge is 0.493 e. The van der Waals surface area contributed by atoms with Gasteiger partial charge in [-0.15, -0.1) is 0 Å². The monoisotopic (exact) mass is 648 g/mol.